The quantitative estimate of drug-likeness (QED) is 0.554. The molecule has 0 saturated carbocycles. The summed E-state index contributed by atoms with van der Waals surface area (Å²) in [6.45, 7) is 3.83. The first kappa shape index (κ1) is 13.1. The SMILES string of the molecule is Cc1cc(-c2noc(-c3ccc(O)c(N)c3)n2)cc(C)n1. The van der Waals surface area contributed by atoms with Crippen molar-refractivity contribution in [3.63, 3.8) is 0 Å². The highest BCUT2D eigenvalue weighted by Crippen LogP contribution is 2.28. The molecule has 0 atom stereocenters. The summed E-state index contributed by atoms with van der Waals surface area (Å²) in [6.07, 6.45) is 0. The van der Waals surface area contributed by atoms with E-state index < -0.39 is 0 Å². The number of benzene rings is 1. The van der Waals surface area contributed by atoms with Crippen LogP contribution in [-0.2, 0) is 0 Å². The molecule has 0 unspecified atom stereocenters. The van der Waals surface area contributed by atoms with E-state index in [9.17, 15) is 5.11 Å². The molecule has 3 rings (SSSR count). The first-order chi connectivity index (χ1) is 10.0. The van der Waals surface area contributed by atoms with Crippen LogP contribution in [0.5, 0.6) is 5.75 Å². The number of aryl methyl sites for hydroxylation is 2. The van der Waals surface area contributed by atoms with Crippen LogP contribution in [-0.4, -0.2) is 20.2 Å². The Kier molecular flexibility index (Phi) is 3.06. The molecule has 0 aliphatic rings. The molecule has 0 fully saturated rings. The van der Waals surface area contributed by atoms with E-state index in [0.717, 1.165) is 17.0 Å². The molecule has 106 valence electrons. The minimum atomic E-state index is 0.0267. The highest BCUT2D eigenvalue weighted by atomic mass is 16.5. The number of hydrogen-bond acceptors (Lipinski definition) is 6. The van der Waals surface area contributed by atoms with Crippen LogP contribution in [0.2, 0.25) is 0 Å². The van der Waals surface area contributed by atoms with Gasteiger partial charge in [-0.2, -0.15) is 4.98 Å². The van der Waals surface area contributed by atoms with E-state index >= 15 is 0 Å². The lowest BCUT2D eigenvalue weighted by molar-refractivity contribution is 0.432. The fourth-order valence-electron chi connectivity index (χ4n) is 2.11. The average Bonchev–Trinajstić information content (AvgIpc) is 2.90. The van der Waals surface area contributed by atoms with Crippen LogP contribution >= 0.6 is 0 Å². The van der Waals surface area contributed by atoms with Crippen LogP contribution in [0.1, 0.15) is 11.4 Å². The van der Waals surface area contributed by atoms with E-state index in [4.69, 9.17) is 10.3 Å². The maximum atomic E-state index is 9.44. The van der Waals surface area contributed by atoms with Crippen molar-refractivity contribution < 1.29 is 9.63 Å². The topological polar surface area (TPSA) is 98.1 Å². The van der Waals surface area contributed by atoms with Gasteiger partial charge in [0.05, 0.1) is 5.69 Å². The molecule has 6 nitrogen and oxygen atoms in total. The smallest absolute Gasteiger partial charge is 0.258 e. The molecule has 6 heteroatoms. The molecule has 0 amide bonds. The van der Waals surface area contributed by atoms with Crippen molar-refractivity contribution in [1.82, 2.24) is 15.1 Å². The summed E-state index contributed by atoms with van der Waals surface area (Å²) < 4.78 is 5.26. The predicted octanol–water partition coefficient (Wildman–Crippen LogP) is 2.70. The summed E-state index contributed by atoms with van der Waals surface area (Å²) >= 11 is 0. The largest absolute Gasteiger partial charge is 0.506 e. The third kappa shape index (κ3) is 2.55. The van der Waals surface area contributed by atoms with Crippen LogP contribution in [0, 0.1) is 13.8 Å². The highest BCUT2D eigenvalue weighted by molar-refractivity contribution is 5.66. The molecule has 0 spiro atoms. The van der Waals surface area contributed by atoms with Crippen LogP contribution in [0.25, 0.3) is 22.8 Å². The van der Waals surface area contributed by atoms with Crippen molar-refractivity contribution in [3.8, 4) is 28.6 Å². The summed E-state index contributed by atoms with van der Waals surface area (Å²) in [5.74, 6) is 0.868. The van der Waals surface area contributed by atoms with Gasteiger partial charge in [-0.1, -0.05) is 5.16 Å². The van der Waals surface area contributed by atoms with Crippen molar-refractivity contribution in [2.75, 3.05) is 5.73 Å². The van der Waals surface area contributed by atoms with E-state index in [2.05, 4.69) is 15.1 Å². The standard InChI is InChI=1S/C15H14N4O2/c1-8-5-11(6-9(2)17-8)14-18-15(21-19-14)10-3-4-13(20)12(16)7-10/h3-7,20H,16H2,1-2H3. The fourth-order valence-corrected chi connectivity index (χ4v) is 2.11. The molecule has 1 aromatic carbocycles. The minimum absolute atomic E-state index is 0.0267. The van der Waals surface area contributed by atoms with Crippen LogP contribution < -0.4 is 5.73 Å². The molecule has 21 heavy (non-hydrogen) atoms. The number of rotatable bonds is 2. The third-order valence-corrected chi connectivity index (χ3v) is 3.04. The van der Waals surface area contributed by atoms with Gasteiger partial charge in [0.15, 0.2) is 0 Å². The van der Waals surface area contributed by atoms with E-state index in [0.29, 0.717) is 17.3 Å². The number of hydrogen-bond donors (Lipinski definition) is 2. The fraction of sp³-hybridized carbons (Fsp3) is 0.133. The molecule has 2 aromatic heterocycles. The molecule has 3 aromatic rings. The second-order valence-electron chi connectivity index (χ2n) is 4.84. The second kappa shape index (κ2) is 4.90. The highest BCUT2D eigenvalue weighted by Gasteiger charge is 2.12. The summed E-state index contributed by atoms with van der Waals surface area (Å²) in [7, 11) is 0. The number of aromatic hydroxyl groups is 1. The number of nitrogens with two attached hydrogens (primary N) is 1. The second-order valence-corrected chi connectivity index (χ2v) is 4.84. The van der Waals surface area contributed by atoms with Gasteiger partial charge >= 0.3 is 0 Å². The van der Waals surface area contributed by atoms with Gasteiger partial charge in [0, 0.05) is 22.5 Å². The molecule has 0 aliphatic carbocycles. The first-order valence-electron chi connectivity index (χ1n) is 6.41. The Hall–Kier alpha value is -2.89. The monoisotopic (exact) mass is 282 g/mol. The van der Waals surface area contributed by atoms with Gasteiger partial charge in [0.1, 0.15) is 5.75 Å². The number of aromatic nitrogens is 3. The Morgan fingerprint density at radius 3 is 2.38 bits per heavy atom. The van der Waals surface area contributed by atoms with E-state index in [-0.39, 0.29) is 11.4 Å². The Balaban J connectivity index is 2.01. The summed E-state index contributed by atoms with van der Waals surface area (Å²) in [5, 5.41) is 13.4. The molecule has 0 radical (unpaired) electrons. The number of pyridine rings is 1. The van der Waals surface area contributed by atoms with Gasteiger partial charge < -0.3 is 15.4 Å². The van der Waals surface area contributed by atoms with Gasteiger partial charge in [0.2, 0.25) is 5.82 Å². The molecule has 0 saturated heterocycles. The number of anilines is 1. The number of phenolic OH excluding ortho intramolecular Hbond substituents is 1. The van der Waals surface area contributed by atoms with Gasteiger partial charge in [-0.05, 0) is 44.2 Å². The zero-order valence-electron chi connectivity index (χ0n) is 11.7. The summed E-state index contributed by atoms with van der Waals surface area (Å²) in [4.78, 5) is 8.68. The van der Waals surface area contributed by atoms with Crippen molar-refractivity contribution in [2.45, 2.75) is 13.8 Å². The van der Waals surface area contributed by atoms with E-state index in [1.165, 1.54) is 6.07 Å². The Bertz CT molecular complexity index is 791. The molecule has 2 heterocycles. The zero-order valence-corrected chi connectivity index (χ0v) is 11.7. The van der Waals surface area contributed by atoms with Crippen molar-refractivity contribution in [1.29, 1.82) is 0 Å². The number of nitrogen functional groups attached to an aromatic ring is 1. The van der Waals surface area contributed by atoms with Gasteiger partial charge in [-0.25, -0.2) is 0 Å². The molecule has 0 bridgehead atoms. The van der Waals surface area contributed by atoms with Crippen LogP contribution in [0.4, 0.5) is 5.69 Å². The Labute approximate surface area is 121 Å². The predicted molar refractivity (Wildman–Crippen MR) is 78.5 cm³/mol. The Morgan fingerprint density at radius 1 is 1.00 bits per heavy atom. The Morgan fingerprint density at radius 2 is 1.71 bits per heavy atom. The zero-order chi connectivity index (χ0) is 15.0. The van der Waals surface area contributed by atoms with Gasteiger partial charge in [-0.3, -0.25) is 4.98 Å². The molecule has 0 aliphatic heterocycles. The average molecular weight is 282 g/mol. The number of phenols is 1. The molecule has 3 N–H and O–H groups in total. The maximum absolute atomic E-state index is 9.44. The maximum Gasteiger partial charge on any atom is 0.258 e. The lowest BCUT2D eigenvalue weighted by atomic mass is 10.1. The lowest BCUT2D eigenvalue weighted by Gasteiger charge is -2.00. The normalized spacial score (nSPS) is 10.8. The van der Waals surface area contributed by atoms with Crippen molar-refractivity contribution in [2.24, 2.45) is 0 Å². The van der Waals surface area contributed by atoms with Gasteiger partial charge in [-0.15, -0.1) is 0 Å². The summed E-state index contributed by atoms with van der Waals surface area (Å²) in [5.41, 5.74) is 9.23. The lowest BCUT2D eigenvalue weighted by Crippen LogP contribution is -1.89. The first-order valence-corrected chi connectivity index (χ1v) is 6.41. The minimum Gasteiger partial charge on any atom is -0.506 e. The van der Waals surface area contributed by atoms with Crippen molar-refractivity contribution >= 4 is 5.69 Å². The van der Waals surface area contributed by atoms with Gasteiger partial charge in [0.25, 0.3) is 5.89 Å². The molecular weight excluding hydrogens is 268 g/mol. The third-order valence-electron chi connectivity index (χ3n) is 3.04. The van der Waals surface area contributed by atoms with E-state index in [1.54, 1.807) is 12.1 Å². The van der Waals surface area contributed by atoms with Crippen LogP contribution in [0.15, 0.2) is 34.9 Å². The number of nitrogens with zero attached hydrogens (tertiary/aromatic N) is 3. The van der Waals surface area contributed by atoms with Crippen molar-refractivity contribution in [3.05, 3.63) is 41.7 Å². The summed E-state index contributed by atoms with van der Waals surface area (Å²) in [6, 6.07) is 8.55. The molecular formula is C15H14N4O2. The van der Waals surface area contributed by atoms with E-state index in [1.807, 2.05) is 26.0 Å². The van der Waals surface area contributed by atoms with Crippen LogP contribution in [0.3, 0.4) is 0 Å².